The molecule has 0 aromatic heterocycles. The fourth-order valence-electron chi connectivity index (χ4n) is 1.26. The number of carbonyl (C=O) groups is 1. The first-order chi connectivity index (χ1) is 8.22. The van der Waals surface area contributed by atoms with Gasteiger partial charge in [0.1, 0.15) is 6.61 Å². The van der Waals surface area contributed by atoms with Crippen LogP contribution in [-0.4, -0.2) is 32.4 Å². The van der Waals surface area contributed by atoms with Gasteiger partial charge in [-0.2, -0.15) is 0 Å². The van der Waals surface area contributed by atoms with Gasteiger partial charge in [-0.25, -0.2) is 4.79 Å². The average molecular weight is 238 g/mol. The molecule has 0 saturated heterocycles. The minimum absolute atomic E-state index is 0.218. The first-order valence-electron chi connectivity index (χ1n) is 5.41. The molecule has 0 aliphatic heterocycles. The lowest BCUT2D eigenvalue weighted by Crippen LogP contribution is -2.40. The van der Waals surface area contributed by atoms with Gasteiger partial charge in [0.05, 0.1) is 6.61 Å². The molecule has 1 aromatic rings. The standard InChI is InChI=1S/C12H18N2O3/c1-16-9-11(13)7-14-12(15)17-8-10-5-3-2-4-6-10/h2-6,11H,7-9,13H2,1H3,(H,14,15)/t11-/m1/s1. The number of rotatable bonds is 6. The second kappa shape index (κ2) is 7.65. The second-order valence-electron chi connectivity index (χ2n) is 3.66. The number of carbonyl (C=O) groups excluding carboxylic acids is 1. The molecule has 0 bridgehead atoms. The second-order valence-corrected chi connectivity index (χ2v) is 3.66. The van der Waals surface area contributed by atoms with Crippen molar-refractivity contribution in [2.24, 2.45) is 5.73 Å². The monoisotopic (exact) mass is 238 g/mol. The third-order valence-corrected chi connectivity index (χ3v) is 2.10. The Morgan fingerprint density at radius 1 is 1.41 bits per heavy atom. The molecule has 0 unspecified atom stereocenters. The van der Waals surface area contributed by atoms with Gasteiger partial charge in [-0.15, -0.1) is 0 Å². The summed E-state index contributed by atoms with van der Waals surface area (Å²) in [6.07, 6.45) is -0.472. The van der Waals surface area contributed by atoms with E-state index in [1.807, 2.05) is 30.3 Å². The van der Waals surface area contributed by atoms with Crippen molar-refractivity contribution in [2.45, 2.75) is 12.6 Å². The number of amides is 1. The summed E-state index contributed by atoms with van der Waals surface area (Å²) in [5, 5.41) is 2.57. The van der Waals surface area contributed by atoms with Gasteiger partial charge in [-0.05, 0) is 5.56 Å². The SMILES string of the molecule is COC[C@H](N)CNC(=O)OCc1ccccc1. The summed E-state index contributed by atoms with van der Waals surface area (Å²) < 4.78 is 9.86. The molecule has 17 heavy (non-hydrogen) atoms. The van der Waals surface area contributed by atoms with Crippen LogP contribution in [0.1, 0.15) is 5.56 Å². The number of alkyl carbamates (subject to hydrolysis) is 1. The lowest BCUT2D eigenvalue weighted by molar-refractivity contribution is 0.135. The van der Waals surface area contributed by atoms with Crippen LogP contribution in [0.2, 0.25) is 0 Å². The highest BCUT2D eigenvalue weighted by Gasteiger charge is 2.06. The fraction of sp³-hybridized carbons (Fsp3) is 0.417. The molecule has 0 aliphatic carbocycles. The van der Waals surface area contributed by atoms with Crippen LogP contribution in [-0.2, 0) is 16.1 Å². The van der Waals surface area contributed by atoms with Gasteiger partial charge in [0.25, 0.3) is 0 Å². The molecule has 0 aliphatic rings. The maximum Gasteiger partial charge on any atom is 0.407 e. The quantitative estimate of drug-likeness (QED) is 0.771. The largest absolute Gasteiger partial charge is 0.445 e. The molecule has 1 amide bonds. The predicted octanol–water partition coefficient (Wildman–Crippen LogP) is 0.887. The summed E-state index contributed by atoms with van der Waals surface area (Å²) in [4.78, 5) is 11.3. The molecular formula is C12H18N2O3. The summed E-state index contributed by atoms with van der Waals surface area (Å²) in [5.74, 6) is 0. The minimum Gasteiger partial charge on any atom is -0.445 e. The first kappa shape index (κ1) is 13.5. The van der Waals surface area contributed by atoms with Gasteiger partial charge >= 0.3 is 6.09 Å². The lowest BCUT2D eigenvalue weighted by Gasteiger charge is -2.11. The van der Waals surface area contributed by atoms with Crippen molar-refractivity contribution in [1.29, 1.82) is 0 Å². The Labute approximate surface area is 101 Å². The molecule has 94 valence electrons. The molecule has 5 heteroatoms. The summed E-state index contributed by atoms with van der Waals surface area (Å²) in [5.41, 5.74) is 6.59. The summed E-state index contributed by atoms with van der Waals surface area (Å²) in [7, 11) is 1.56. The van der Waals surface area contributed by atoms with Crippen molar-refractivity contribution < 1.29 is 14.3 Å². The van der Waals surface area contributed by atoms with Gasteiger partial charge in [-0.1, -0.05) is 30.3 Å². The highest BCUT2D eigenvalue weighted by molar-refractivity contribution is 5.67. The van der Waals surface area contributed by atoms with E-state index in [-0.39, 0.29) is 12.6 Å². The number of hydrogen-bond acceptors (Lipinski definition) is 4. The Balaban J connectivity index is 2.17. The van der Waals surface area contributed by atoms with E-state index in [9.17, 15) is 4.79 Å². The molecule has 1 aromatic carbocycles. The number of nitrogens with one attached hydrogen (secondary N) is 1. The van der Waals surface area contributed by atoms with Crippen LogP contribution in [0.3, 0.4) is 0 Å². The summed E-state index contributed by atoms with van der Waals surface area (Å²) >= 11 is 0. The van der Waals surface area contributed by atoms with E-state index in [1.54, 1.807) is 7.11 Å². The molecular weight excluding hydrogens is 220 g/mol. The van der Waals surface area contributed by atoms with E-state index in [1.165, 1.54) is 0 Å². The van der Waals surface area contributed by atoms with Gasteiger partial charge in [0, 0.05) is 19.7 Å². The van der Waals surface area contributed by atoms with Crippen LogP contribution in [0.25, 0.3) is 0 Å². The fourth-order valence-corrected chi connectivity index (χ4v) is 1.26. The number of methoxy groups -OCH3 is 1. The minimum atomic E-state index is -0.472. The van der Waals surface area contributed by atoms with Gasteiger partial charge in [-0.3, -0.25) is 0 Å². The van der Waals surface area contributed by atoms with E-state index in [0.717, 1.165) is 5.56 Å². The zero-order chi connectivity index (χ0) is 12.5. The van der Waals surface area contributed by atoms with Crippen molar-refractivity contribution in [2.75, 3.05) is 20.3 Å². The van der Waals surface area contributed by atoms with Crippen LogP contribution < -0.4 is 11.1 Å². The van der Waals surface area contributed by atoms with Crippen LogP contribution in [0.4, 0.5) is 4.79 Å². The molecule has 5 nitrogen and oxygen atoms in total. The third kappa shape index (κ3) is 5.89. The zero-order valence-corrected chi connectivity index (χ0v) is 9.89. The Bertz CT molecular complexity index is 330. The van der Waals surface area contributed by atoms with Crippen molar-refractivity contribution in [3.8, 4) is 0 Å². The predicted molar refractivity (Wildman–Crippen MR) is 64.5 cm³/mol. The Morgan fingerprint density at radius 3 is 2.76 bits per heavy atom. The number of benzene rings is 1. The summed E-state index contributed by atoms with van der Waals surface area (Å²) in [6, 6.07) is 9.27. The van der Waals surface area contributed by atoms with Gasteiger partial charge in [0.15, 0.2) is 0 Å². The molecule has 0 heterocycles. The Morgan fingerprint density at radius 2 is 2.12 bits per heavy atom. The van der Waals surface area contributed by atoms with Crippen molar-refractivity contribution >= 4 is 6.09 Å². The van der Waals surface area contributed by atoms with Gasteiger partial charge < -0.3 is 20.5 Å². The highest BCUT2D eigenvalue weighted by Crippen LogP contribution is 2.00. The molecule has 3 N–H and O–H groups in total. The highest BCUT2D eigenvalue weighted by atomic mass is 16.5. The van der Waals surface area contributed by atoms with Crippen LogP contribution in [0.5, 0.6) is 0 Å². The first-order valence-corrected chi connectivity index (χ1v) is 5.41. The van der Waals surface area contributed by atoms with E-state index in [4.69, 9.17) is 15.2 Å². The molecule has 0 saturated carbocycles. The topological polar surface area (TPSA) is 73.6 Å². The third-order valence-electron chi connectivity index (χ3n) is 2.10. The van der Waals surface area contributed by atoms with E-state index in [0.29, 0.717) is 13.2 Å². The normalized spacial score (nSPS) is 11.9. The van der Waals surface area contributed by atoms with Crippen molar-refractivity contribution in [3.05, 3.63) is 35.9 Å². The van der Waals surface area contributed by atoms with Crippen LogP contribution in [0.15, 0.2) is 30.3 Å². The van der Waals surface area contributed by atoms with E-state index in [2.05, 4.69) is 5.32 Å². The molecule has 0 radical (unpaired) electrons. The van der Waals surface area contributed by atoms with Crippen LogP contribution in [0, 0.1) is 0 Å². The average Bonchev–Trinajstić information content (AvgIpc) is 2.35. The van der Waals surface area contributed by atoms with Crippen molar-refractivity contribution in [1.82, 2.24) is 5.32 Å². The molecule has 1 atom stereocenters. The van der Waals surface area contributed by atoms with E-state index >= 15 is 0 Å². The van der Waals surface area contributed by atoms with E-state index < -0.39 is 6.09 Å². The zero-order valence-electron chi connectivity index (χ0n) is 9.89. The molecule has 0 spiro atoms. The van der Waals surface area contributed by atoms with Gasteiger partial charge in [0.2, 0.25) is 0 Å². The number of ether oxygens (including phenoxy) is 2. The molecule has 0 fully saturated rings. The molecule has 1 rings (SSSR count). The number of nitrogens with two attached hydrogens (primary N) is 1. The maximum atomic E-state index is 11.3. The lowest BCUT2D eigenvalue weighted by atomic mass is 10.2. The summed E-state index contributed by atoms with van der Waals surface area (Å²) in [6.45, 7) is 0.993. The van der Waals surface area contributed by atoms with Crippen LogP contribution >= 0.6 is 0 Å². The maximum absolute atomic E-state index is 11.3. The Hall–Kier alpha value is -1.59. The van der Waals surface area contributed by atoms with Crippen molar-refractivity contribution in [3.63, 3.8) is 0 Å². The smallest absolute Gasteiger partial charge is 0.407 e. The number of hydrogen-bond donors (Lipinski definition) is 2. The Kier molecular flexibility index (Phi) is 6.06.